The number of methoxy groups -OCH3 is 2. The molecule has 0 radical (unpaired) electrons. The quantitative estimate of drug-likeness (QED) is 0.186. The molecule has 0 heterocycles. The van der Waals surface area contributed by atoms with Gasteiger partial charge in [-0.3, -0.25) is 0 Å². The van der Waals surface area contributed by atoms with Crippen molar-refractivity contribution < 1.29 is 28.2 Å². The Morgan fingerprint density at radius 3 is 1.53 bits per heavy atom. The lowest BCUT2D eigenvalue weighted by atomic mass is 9.78. The third kappa shape index (κ3) is 5.60. The van der Waals surface area contributed by atoms with Crippen molar-refractivity contribution in [2.45, 2.75) is 37.3 Å². The van der Waals surface area contributed by atoms with Crippen molar-refractivity contribution in [2.75, 3.05) is 20.8 Å². The fourth-order valence-corrected chi connectivity index (χ4v) is 5.67. The minimum atomic E-state index is -2.84. The van der Waals surface area contributed by atoms with Crippen LogP contribution in [0.4, 0.5) is 0 Å². The van der Waals surface area contributed by atoms with E-state index in [-0.39, 0.29) is 18.4 Å². The van der Waals surface area contributed by atoms with Gasteiger partial charge in [0.1, 0.15) is 12.2 Å². The molecule has 1 aliphatic carbocycles. The molecule has 190 valence electrons. The van der Waals surface area contributed by atoms with Crippen molar-refractivity contribution in [1.29, 1.82) is 0 Å². The Labute approximate surface area is 214 Å². The third-order valence-electron chi connectivity index (χ3n) is 7.17. The predicted octanol–water partition coefficient (Wildman–Crippen LogP) is 5.78. The largest absolute Gasteiger partial charge is 0.566 e. The van der Waals surface area contributed by atoms with Gasteiger partial charge in [0.2, 0.25) is 0 Å². The van der Waals surface area contributed by atoms with Crippen LogP contribution in [0.15, 0.2) is 91.0 Å². The molecule has 0 bridgehead atoms. The first-order valence-corrected chi connectivity index (χ1v) is 13.4. The summed E-state index contributed by atoms with van der Waals surface area (Å²) in [6.07, 6.45) is 3.08. The van der Waals surface area contributed by atoms with Crippen LogP contribution >= 0.6 is 8.25 Å². The van der Waals surface area contributed by atoms with E-state index in [0.29, 0.717) is 0 Å². The van der Waals surface area contributed by atoms with E-state index in [1.54, 1.807) is 14.2 Å². The summed E-state index contributed by atoms with van der Waals surface area (Å²) < 4.78 is 35.1. The van der Waals surface area contributed by atoms with Crippen molar-refractivity contribution >= 4 is 8.25 Å². The summed E-state index contributed by atoms with van der Waals surface area (Å²) in [4.78, 5) is 10.9. The molecule has 1 fully saturated rings. The Balaban J connectivity index is 1.77. The average Bonchev–Trinajstić information content (AvgIpc) is 2.95. The highest BCUT2D eigenvalue weighted by Crippen LogP contribution is 2.48. The molecule has 0 spiro atoms. The maximum atomic E-state index is 10.9. The normalized spacial score (nSPS) is 19.1. The smallest absolute Gasteiger partial charge is 0.488 e. The van der Waals surface area contributed by atoms with E-state index in [0.717, 1.165) is 42.4 Å². The van der Waals surface area contributed by atoms with Crippen molar-refractivity contribution in [3.63, 3.8) is 0 Å². The maximum Gasteiger partial charge on any atom is 0.488 e. The summed E-state index contributed by atoms with van der Waals surface area (Å²) in [6.45, 7) is 0.210. The number of hydrogen-bond acceptors (Lipinski definition) is 6. The van der Waals surface area contributed by atoms with Gasteiger partial charge in [-0.25, -0.2) is 0 Å². The molecule has 0 aliphatic heterocycles. The third-order valence-corrected chi connectivity index (χ3v) is 7.53. The molecule has 36 heavy (non-hydrogen) atoms. The lowest BCUT2D eigenvalue weighted by Gasteiger charge is -2.47. The van der Waals surface area contributed by atoms with Crippen LogP contribution in [0.5, 0.6) is 0 Å². The molecular formula is C29H33O6P. The summed E-state index contributed by atoms with van der Waals surface area (Å²) in [7, 11) is 0.400. The Morgan fingerprint density at radius 2 is 1.17 bits per heavy atom. The number of ether oxygens (including phenoxy) is 3. The van der Waals surface area contributed by atoms with Gasteiger partial charge in [0.05, 0.1) is 0 Å². The molecule has 7 heteroatoms. The van der Waals surface area contributed by atoms with E-state index in [1.807, 2.05) is 54.6 Å². The van der Waals surface area contributed by atoms with E-state index in [9.17, 15) is 9.46 Å². The molecule has 1 atom stereocenters. The molecule has 3 aromatic carbocycles. The first-order valence-electron chi connectivity index (χ1n) is 12.3. The van der Waals surface area contributed by atoms with E-state index in [1.165, 1.54) is 0 Å². The predicted molar refractivity (Wildman–Crippen MR) is 136 cm³/mol. The second-order valence-electron chi connectivity index (χ2n) is 9.13. The zero-order valence-corrected chi connectivity index (χ0v) is 21.6. The lowest BCUT2D eigenvalue weighted by Crippen LogP contribution is -2.52. The lowest BCUT2D eigenvalue weighted by molar-refractivity contribution is -0.414. The number of rotatable bonds is 11. The van der Waals surface area contributed by atoms with Gasteiger partial charge in [0.15, 0.2) is 0 Å². The van der Waals surface area contributed by atoms with Crippen LogP contribution in [-0.2, 0) is 28.9 Å². The second kappa shape index (κ2) is 12.2. The molecule has 6 nitrogen and oxygen atoms in total. The minimum absolute atomic E-state index is 0.0692. The molecule has 0 saturated heterocycles. The first-order chi connectivity index (χ1) is 17.5. The summed E-state index contributed by atoms with van der Waals surface area (Å²) in [5.74, 6) is -1.24. The molecule has 3 aromatic rings. The molecule has 0 amide bonds. The van der Waals surface area contributed by atoms with Crippen LogP contribution in [0.3, 0.4) is 0 Å². The van der Waals surface area contributed by atoms with Gasteiger partial charge in [0, 0.05) is 20.1 Å². The number of hydrogen-bond donors (Lipinski definition) is 0. The SMILES string of the molecule is COC(OC)(OC(c1ccccc1)(c1ccccc1)c1ccccc1)C1CCC(CO[P+](=O)[O-])CC1. The molecule has 1 unspecified atom stereocenters. The van der Waals surface area contributed by atoms with Crippen LogP contribution < -0.4 is 4.89 Å². The van der Waals surface area contributed by atoms with E-state index in [2.05, 4.69) is 36.4 Å². The van der Waals surface area contributed by atoms with Crippen LogP contribution in [0.2, 0.25) is 0 Å². The van der Waals surface area contributed by atoms with Gasteiger partial charge in [-0.1, -0.05) is 91.0 Å². The zero-order chi connectivity index (χ0) is 25.4. The van der Waals surface area contributed by atoms with E-state index >= 15 is 0 Å². The van der Waals surface area contributed by atoms with Crippen LogP contribution in [0.25, 0.3) is 0 Å². The van der Waals surface area contributed by atoms with Crippen LogP contribution in [0.1, 0.15) is 42.4 Å². The van der Waals surface area contributed by atoms with Gasteiger partial charge in [-0.15, -0.1) is 4.52 Å². The fourth-order valence-electron chi connectivity index (χ4n) is 5.34. The van der Waals surface area contributed by atoms with Crippen molar-refractivity contribution in [3.05, 3.63) is 108 Å². The molecular weight excluding hydrogens is 475 g/mol. The molecule has 1 saturated carbocycles. The van der Waals surface area contributed by atoms with Gasteiger partial charge in [-0.05, 0) is 52.9 Å². The summed E-state index contributed by atoms with van der Waals surface area (Å²) in [5.41, 5.74) is 1.88. The average molecular weight is 509 g/mol. The van der Waals surface area contributed by atoms with Crippen molar-refractivity contribution in [3.8, 4) is 0 Å². The fraction of sp³-hybridized carbons (Fsp3) is 0.379. The summed E-state index contributed by atoms with van der Waals surface area (Å²) in [6, 6.07) is 30.4. The highest BCUT2D eigenvalue weighted by Gasteiger charge is 2.51. The van der Waals surface area contributed by atoms with Gasteiger partial charge in [-0.2, -0.15) is 0 Å². The second-order valence-corrected chi connectivity index (χ2v) is 9.84. The van der Waals surface area contributed by atoms with Crippen molar-refractivity contribution in [2.24, 2.45) is 11.8 Å². The van der Waals surface area contributed by atoms with Gasteiger partial charge >= 0.3 is 8.25 Å². The highest BCUT2D eigenvalue weighted by molar-refractivity contribution is 7.30. The Bertz CT molecular complexity index is 984. The molecule has 0 aromatic heterocycles. The van der Waals surface area contributed by atoms with Crippen molar-refractivity contribution in [1.82, 2.24) is 0 Å². The Kier molecular flexibility index (Phi) is 9.02. The van der Waals surface area contributed by atoms with Crippen LogP contribution in [-0.4, -0.2) is 26.8 Å². The first kappa shape index (κ1) is 26.6. The molecule has 0 N–H and O–H groups in total. The topological polar surface area (TPSA) is 77.0 Å². The maximum absolute atomic E-state index is 10.9. The molecule has 4 rings (SSSR count). The standard InChI is InChI=1S/C29H33O6P/c1-32-29(33-2,27-20-18-23(19-21-27)22-34-36(30)31)35-28(24-12-6-3-7-13-24,25-14-8-4-9-15-25)26-16-10-5-11-17-26/h3-17,23,27H,18-22H2,1-2H3. The summed E-state index contributed by atoms with van der Waals surface area (Å²) in [5, 5.41) is 0. The van der Waals surface area contributed by atoms with Gasteiger partial charge in [0.25, 0.3) is 5.97 Å². The summed E-state index contributed by atoms with van der Waals surface area (Å²) >= 11 is 0. The Morgan fingerprint density at radius 1 is 0.750 bits per heavy atom. The Hall–Kier alpha value is -2.44. The minimum Gasteiger partial charge on any atom is -0.566 e. The monoisotopic (exact) mass is 508 g/mol. The number of benzene rings is 3. The zero-order valence-electron chi connectivity index (χ0n) is 20.7. The van der Waals surface area contributed by atoms with E-state index < -0.39 is 19.8 Å². The van der Waals surface area contributed by atoms with Crippen LogP contribution in [0, 0.1) is 11.8 Å². The molecule has 1 aliphatic rings. The highest BCUT2D eigenvalue weighted by atomic mass is 31.1. The van der Waals surface area contributed by atoms with E-state index in [4.69, 9.17) is 18.7 Å². The van der Waals surface area contributed by atoms with Gasteiger partial charge < -0.3 is 19.1 Å².